The summed E-state index contributed by atoms with van der Waals surface area (Å²) < 4.78 is 49.8. The first-order valence-corrected chi connectivity index (χ1v) is 8.52. The lowest BCUT2D eigenvalue weighted by molar-refractivity contribution is -0.300. The molecule has 4 nitrogen and oxygen atoms in total. The van der Waals surface area contributed by atoms with Gasteiger partial charge in [-0.2, -0.15) is 13.2 Å². The minimum absolute atomic E-state index is 0.0127. The molecule has 25 heavy (non-hydrogen) atoms. The van der Waals surface area contributed by atoms with Gasteiger partial charge in [-0.3, -0.25) is 0 Å². The van der Waals surface area contributed by atoms with E-state index in [0.717, 1.165) is 6.92 Å². The molecule has 0 aliphatic heterocycles. The van der Waals surface area contributed by atoms with E-state index < -0.39 is 29.5 Å². The molecule has 0 amide bonds. The Bertz CT molecular complexity index is 489. The van der Waals surface area contributed by atoms with Gasteiger partial charge in [-0.15, -0.1) is 0 Å². The third kappa shape index (κ3) is 5.45. The lowest BCUT2D eigenvalue weighted by Crippen LogP contribution is -2.55. The Labute approximate surface area is 147 Å². The average Bonchev–Trinajstić information content (AvgIpc) is 2.45. The molecule has 1 saturated carbocycles. The van der Waals surface area contributed by atoms with Gasteiger partial charge in [-0.05, 0) is 66.2 Å². The van der Waals surface area contributed by atoms with E-state index in [9.17, 15) is 23.1 Å². The van der Waals surface area contributed by atoms with Gasteiger partial charge in [0.15, 0.2) is 5.60 Å². The van der Waals surface area contributed by atoms with E-state index in [4.69, 9.17) is 9.47 Å². The Hall–Kier alpha value is -1.08. The Balaban J connectivity index is 2.64. The van der Waals surface area contributed by atoms with Crippen LogP contribution >= 0.6 is 0 Å². The van der Waals surface area contributed by atoms with Crippen LogP contribution in [0.25, 0.3) is 0 Å². The van der Waals surface area contributed by atoms with Crippen LogP contribution in [0, 0.1) is 5.92 Å². The molecule has 0 radical (unpaired) electrons. The third-order valence-corrected chi connectivity index (χ3v) is 5.13. The maximum atomic E-state index is 13.0. The number of carbonyl (C=O) groups is 1. The molecule has 0 spiro atoms. The van der Waals surface area contributed by atoms with Crippen molar-refractivity contribution in [3.8, 4) is 0 Å². The molecule has 0 heterocycles. The van der Waals surface area contributed by atoms with Crippen LogP contribution in [0.1, 0.15) is 60.3 Å². The highest BCUT2D eigenvalue weighted by molar-refractivity contribution is 5.87. The van der Waals surface area contributed by atoms with E-state index in [2.05, 4.69) is 6.58 Å². The first kappa shape index (κ1) is 22.0. The maximum absolute atomic E-state index is 13.0. The Morgan fingerprint density at radius 3 is 2.04 bits per heavy atom. The molecule has 146 valence electrons. The Kier molecular flexibility index (Phi) is 6.73. The number of halogens is 3. The first-order chi connectivity index (χ1) is 11.2. The maximum Gasteiger partial charge on any atom is 0.419 e. The van der Waals surface area contributed by atoms with Gasteiger partial charge >= 0.3 is 12.1 Å². The van der Waals surface area contributed by atoms with Crippen LogP contribution in [0.15, 0.2) is 12.2 Å². The van der Waals surface area contributed by atoms with Crippen molar-refractivity contribution in [3.63, 3.8) is 0 Å². The summed E-state index contributed by atoms with van der Waals surface area (Å²) in [4.78, 5) is 11.6. The van der Waals surface area contributed by atoms with Gasteiger partial charge in [0.1, 0.15) is 6.10 Å². The van der Waals surface area contributed by atoms with Gasteiger partial charge in [0, 0.05) is 5.57 Å². The highest BCUT2D eigenvalue weighted by Gasteiger charge is 2.55. The number of carbonyl (C=O) groups excluding carboxylic acids is 1. The van der Waals surface area contributed by atoms with Crippen molar-refractivity contribution >= 4 is 5.97 Å². The topological polar surface area (TPSA) is 55.8 Å². The SMILES string of the molecule is C=C(C)C(=O)OC1CCC(C(C)(C)OC(C)C(C)(O)C(F)(F)F)CC1. The first-order valence-electron chi connectivity index (χ1n) is 8.52. The minimum Gasteiger partial charge on any atom is -0.459 e. The fraction of sp³-hybridized carbons (Fsp3) is 0.833. The van der Waals surface area contributed by atoms with Crippen molar-refractivity contribution in [2.45, 2.75) is 89.9 Å². The third-order valence-electron chi connectivity index (χ3n) is 5.13. The van der Waals surface area contributed by atoms with E-state index in [-0.39, 0.29) is 12.0 Å². The summed E-state index contributed by atoms with van der Waals surface area (Å²) in [6.45, 7) is 10.6. The normalized spacial score (nSPS) is 25.8. The van der Waals surface area contributed by atoms with Crippen LogP contribution in [0.2, 0.25) is 0 Å². The van der Waals surface area contributed by atoms with Crippen molar-refractivity contribution in [3.05, 3.63) is 12.2 Å². The Morgan fingerprint density at radius 2 is 1.64 bits per heavy atom. The molecule has 0 aromatic carbocycles. The summed E-state index contributed by atoms with van der Waals surface area (Å²) >= 11 is 0. The second-order valence-corrected chi connectivity index (χ2v) is 7.67. The number of aliphatic hydroxyl groups is 1. The van der Waals surface area contributed by atoms with E-state index >= 15 is 0 Å². The van der Waals surface area contributed by atoms with E-state index in [1.807, 2.05) is 0 Å². The minimum atomic E-state index is -4.77. The lowest BCUT2D eigenvalue weighted by atomic mass is 9.77. The number of esters is 1. The molecule has 2 unspecified atom stereocenters. The molecule has 1 rings (SSSR count). The van der Waals surface area contributed by atoms with Crippen LogP contribution < -0.4 is 0 Å². The second kappa shape index (κ2) is 7.66. The standard InChI is InChI=1S/C18H29F3O4/c1-11(2)15(22)24-14-9-7-13(8-10-14)16(4,5)25-12(3)17(6,23)18(19,20)21/h12-14,23H,1,7-10H2,2-6H3. The summed E-state index contributed by atoms with van der Waals surface area (Å²) in [6, 6.07) is 0. The summed E-state index contributed by atoms with van der Waals surface area (Å²) in [5, 5.41) is 9.76. The van der Waals surface area contributed by atoms with E-state index in [0.29, 0.717) is 31.3 Å². The zero-order valence-electron chi connectivity index (χ0n) is 15.6. The van der Waals surface area contributed by atoms with Gasteiger partial charge in [-0.25, -0.2) is 4.79 Å². The highest BCUT2D eigenvalue weighted by Crippen LogP contribution is 2.40. The van der Waals surface area contributed by atoms with Gasteiger partial charge < -0.3 is 14.6 Å². The molecule has 1 aliphatic rings. The van der Waals surface area contributed by atoms with Crippen LogP contribution in [0.3, 0.4) is 0 Å². The summed E-state index contributed by atoms with van der Waals surface area (Å²) in [5.41, 5.74) is -3.41. The fourth-order valence-electron chi connectivity index (χ4n) is 3.02. The summed E-state index contributed by atoms with van der Waals surface area (Å²) in [6.07, 6.45) is -3.78. The lowest BCUT2D eigenvalue weighted by Gasteiger charge is -2.43. The summed E-state index contributed by atoms with van der Waals surface area (Å²) in [7, 11) is 0. The highest BCUT2D eigenvalue weighted by atomic mass is 19.4. The molecular weight excluding hydrogens is 337 g/mol. The quantitative estimate of drug-likeness (QED) is 0.566. The van der Waals surface area contributed by atoms with Crippen molar-refractivity contribution in [2.75, 3.05) is 0 Å². The van der Waals surface area contributed by atoms with Crippen LogP contribution in [-0.4, -0.2) is 40.7 Å². The molecular formula is C18H29F3O4. The zero-order valence-corrected chi connectivity index (χ0v) is 15.6. The van der Waals surface area contributed by atoms with Crippen molar-refractivity contribution in [1.82, 2.24) is 0 Å². The number of hydrogen-bond acceptors (Lipinski definition) is 4. The number of hydrogen-bond donors (Lipinski definition) is 1. The smallest absolute Gasteiger partial charge is 0.419 e. The Morgan fingerprint density at radius 1 is 1.16 bits per heavy atom. The monoisotopic (exact) mass is 366 g/mol. The predicted molar refractivity (Wildman–Crippen MR) is 88.0 cm³/mol. The van der Waals surface area contributed by atoms with Gasteiger partial charge in [0.2, 0.25) is 0 Å². The molecule has 0 aromatic rings. The van der Waals surface area contributed by atoms with E-state index in [1.54, 1.807) is 20.8 Å². The number of alkyl halides is 3. The van der Waals surface area contributed by atoms with Crippen molar-refractivity contribution in [2.24, 2.45) is 5.92 Å². The van der Waals surface area contributed by atoms with Crippen molar-refractivity contribution < 1.29 is 32.5 Å². The van der Waals surface area contributed by atoms with Crippen molar-refractivity contribution in [1.29, 1.82) is 0 Å². The molecule has 7 heteroatoms. The van der Waals surface area contributed by atoms with Gasteiger partial charge in [0.05, 0.1) is 11.7 Å². The van der Waals surface area contributed by atoms with Crippen LogP contribution in [0.5, 0.6) is 0 Å². The molecule has 0 bridgehead atoms. The molecule has 1 aliphatic carbocycles. The number of ether oxygens (including phenoxy) is 2. The van der Waals surface area contributed by atoms with E-state index in [1.165, 1.54) is 6.92 Å². The van der Waals surface area contributed by atoms with Gasteiger partial charge in [0.25, 0.3) is 0 Å². The molecule has 2 atom stereocenters. The van der Waals surface area contributed by atoms with Crippen LogP contribution in [-0.2, 0) is 14.3 Å². The zero-order chi connectivity index (χ0) is 19.6. The molecule has 1 fully saturated rings. The molecule has 0 aromatic heterocycles. The summed E-state index contributed by atoms with van der Waals surface area (Å²) in [5.74, 6) is -0.410. The molecule has 1 N–H and O–H groups in total. The second-order valence-electron chi connectivity index (χ2n) is 7.67. The number of rotatable bonds is 6. The van der Waals surface area contributed by atoms with Gasteiger partial charge in [-0.1, -0.05) is 6.58 Å². The molecule has 0 saturated heterocycles. The largest absolute Gasteiger partial charge is 0.459 e. The van der Waals surface area contributed by atoms with Crippen LogP contribution in [0.4, 0.5) is 13.2 Å². The predicted octanol–water partition coefficient (Wildman–Crippen LogP) is 4.16. The average molecular weight is 366 g/mol. The fourth-order valence-corrected chi connectivity index (χ4v) is 3.02.